The van der Waals surface area contributed by atoms with Crippen molar-refractivity contribution in [1.29, 1.82) is 0 Å². The molecule has 3 nitrogen and oxygen atoms in total. The van der Waals surface area contributed by atoms with Crippen LogP contribution in [0.1, 0.15) is 32.3 Å². The third-order valence-electron chi connectivity index (χ3n) is 2.98. The number of benzene rings is 1. The molecule has 113 valence electrons. The van der Waals surface area contributed by atoms with Gasteiger partial charge in [-0.05, 0) is 32.9 Å². The van der Waals surface area contributed by atoms with Crippen LogP contribution >= 0.6 is 0 Å². The monoisotopic (exact) mass is 323 g/mol. The third kappa shape index (κ3) is 4.49. The van der Waals surface area contributed by atoms with Gasteiger partial charge in [0.05, 0.1) is 0 Å². The van der Waals surface area contributed by atoms with E-state index in [1.807, 2.05) is 20.8 Å². The van der Waals surface area contributed by atoms with E-state index in [9.17, 15) is 9.18 Å². The first kappa shape index (κ1) is 17.0. The first-order chi connectivity index (χ1) is 8.85. The van der Waals surface area contributed by atoms with Crippen LogP contribution in [-0.2, 0) is 21.5 Å². The van der Waals surface area contributed by atoms with E-state index in [1.54, 1.807) is 17.0 Å². The molecule has 5 heteroatoms. The number of ether oxygens (including phenoxy) is 1. The van der Waals surface area contributed by atoms with Crippen LogP contribution in [0.4, 0.5) is 9.18 Å². The fourth-order valence-corrected chi connectivity index (χ4v) is 2.07. The van der Waals surface area contributed by atoms with E-state index in [0.29, 0.717) is 13.1 Å². The maximum absolute atomic E-state index is 12.9. The van der Waals surface area contributed by atoms with Crippen molar-refractivity contribution in [3.63, 3.8) is 0 Å². The van der Waals surface area contributed by atoms with Crippen LogP contribution in [0.3, 0.4) is 0 Å². The Morgan fingerprint density at radius 3 is 2.50 bits per heavy atom. The van der Waals surface area contributed by atoms with Crippen LogP contribution in [-0.4, -0.2) is 29.7 Å². The van der Waals surface area contributed by atoms with Crippen molar-refractivity contribution in [2.45, 2.75) is 32.3 Å². The smallest absolute Gasteiger partial charge is 0.407 e. The Labute approximate surface area is 129 Å². The number of amides is 1. The van der Waals surface area contributed by atoms with Crippen LogP contribution in [0.5, 0.6) is 0 Å². The largest absolute Gasteiger partial charge is 0.444 e. The first-order valence-electron chi connectivity index (χ1n) is 6.42. The van der Waals surface area contributed by atoms with Gasteiger partial charge in [0, 0.05) is 23.3 Å². The molecule has 1 heterocycles. The summed E-state index contributed by atoms with van der Waals surface area (Å²) in [5.74, 6) is -0.0983. The molecule has 0 saturated carbocycles. The average Bonchev–Trinajstić information content (AvgIpc) is 2.77. The zero-order chi connectivity index (χ0) is 14.0. The molecule has 1 amide bonds. The molecule has 1 atom stereocenters. The van der Waals surface area contributed by atoms with Crippen molar-refractivity contribution in [1.82, 2.24) is 4.90 Å². The van der Waals surface area contributed by atoms with Crippen LogP contribution < -0.4 is 0 Å². The first-order valence-corrected chi connectivity index (χ1v) is 6.42. The zero-order valence-corrected chi connectivity index (χ0v) is 12.9. The maximum Gasteiger partial charge on any atom is 0.407 e. The normalized spacial score (nSPS) is 18.6. The molecule has 0 spiro atoms. The Balaban J connectivity index is 0.00000200. The predicted molar refractivity (Wildman–Crippen MR) is 71.2 cm³/mol. The number of hydrogen-bond donors (Lipinski definition) is 0. The quantitative estimate of drug-likeness (QED) is 0.742. The van der Waals surface area contributed by atoms with Gasteiger partial charge in [-0.15, -0.1) is 5.92 Å². The van der Waals surface area contributed by atoms with Gasteiger partial charge in [0.15, 0.2) is 0 Å². The maximum atomic E-state index is 12.9. The average molecular weight is 323 g/mol. The Morgan fingerprint density at radius 2 is 1.95 bits per heavy atom. The molecule has 2 rings (SSSR count). The van der Waals surface area contributed by atoms with Gasteiger partial charge in [-0.25, -0.2) is 9.18 Å². The van der Waals surface area contributed by atoms with E-state index < -0.39 is 5.60 Å². The second-order valence-electron chi connectivity index (χ2n) is 5.78. The van der Waals surface area contributed by atoms with E-state index in [2.05, 4.69) is 6.42 Å². The molecule has 1 fully saturated rings. The summed E-state index contributed by atoms with van der Waals surface area (Å²) < 4.78 is 18.2. The molecule has 1 aromatic rings. The Morgan fingerprint density at radius 1 is 1.35 bits per heavy atom. The van der Waals surface area contributed by atoms with Gasteiger partial charge in [-0.2, -0.15) is 0 Å². The van der Waals surface area contributed by atoms with E-state index >= 15 is 0 Å². The molecule has 0 aliphatic carbocycles. The van der Waals surface area contributed by atoms with Crippen molar-refractivity contribution in [2.24, 2.45) is 0 Å². The zero-order valence-electron chi connectivity index (χ0n) is 11.9. The van der Waals surface area contributed by atoms with Gasteiger partial charge in [0.25, 0.3) is 0 Å². The second kappa shape index (κ2) is 6.59. The number of likely N-dealkylation sites (tertiary alicyclic amines) is 1. The summed E-state index contributed by atoms with van der Waals surface area (Å²) in [5.41, 5.74) is 0.540. The van der Waals surface area contributed by atoms with E-state index in [-0.39, 0.29) is 34.6 Å². The fraction of sp³-hybridized carbons (Fsp3) is 0.467. The summed E-state index contributed by atoms with van der Waals surface area (Å²) in [4.78, 5) is 13.6. The van der Waals surface area contributed by atoms with Crippen molar-refractivity contribution >= 4 is 6.09 Å². The van der Waals surface area contributed by atoms with Crippen LogP contribution in [0, 0.1) is 12.2 Å². The molecule has 1 radical (unpaired) electrons. The molecule has 1 saturated heterocycles. The number of carbonyl (C=O) groups excluding carboxylic acids is 1. The summed E-state index contributed by atoms with van der Waals surface area (Å²) in [6, 6.07) is 6.41. The summed E-state index contributed by atoms with van der Waals surface area (Å²) in [6.45, 7) is 6.70. The molecular formula is C15H19CoFNO2-. The van der Waals surface area contributed by atoms with Crippen molar-refractivity contribution in [3.8, 4) is 0 Å². The third-order valence-corrected chi connectivity index (χ3v) is 2.98. The summed E-state index contributed by atoms with van der Waals surface area (Å²) in [5, 5.41) is 0. The molecule has 0 aromatic heterocycles. The fourth-order valence-electron chi connectivity index (χ4n) is 2.07. The van der Waals surface area contributed by atoms with Crippen LogP contribution in [0.15, 0.2) is 24.3 Å². The summed E-state index contributed by atoms with van der Waals surface area (Å²) in [7, 11) is 0. The molecule has 1 aromatic carbocycles. The van der Waals surface area contributed by atoms with Gasteiger partial charge >= 0.3 is 6.09 Å². The molecule has 0 N–H and O–H groups in total. The minimum absolute atomic E-state index is 0. The number of rotatable bonds is 1. The molecule has 1 aliphatic heterocycles. The standard InChI is InChI=1S/C15H19FNO2.Co/c1-15(2,3)19-14(18)17-9-8-12(10-17)11-4-6-13(16)7-5-11;/h4-8,12H,9-10H2,1-3H3;/q-1;/t12-;/m0./s1. The predicted octanol–water partition coefficient (Wildman–Crippen LogP) is 3.36. The Hall–Kier alpha value is -1.07. The second-order valence-corrected chi connectivity index (χ2v) is 5.78. The molecule has 20 heavy (non-hydrogen) atoms. The van der Waals surface area contributed by atoms with E-state index in [4.69, 9.17) is 4.74 Å². The number of carbonyl (C=O) groups is 1. The van der Waals surface area contributed by atoms with Gasteiger partial charge < -0.3 is 16.1 Å². The van der Waals surface area contributed by atoms with E-state index in [1.165, 1.54) is 12.1 Å². The van der Waals surface area contributed by atoms with Crippen LogP contribution in [0.25, 0.3) is 0 Å². The molecular weight excluding hydrogens is 304 g/mol. The number of hydrogen-bond acceptors (Lipinski definition) is 2. The van der Waals surface area contributed by atoms with Gasteiger partial charge in [0.1, 0.15) is 11.4 Å². The molecule has 0 unspecified atom stereocenters. The topological polar surface area (TPSA) is 29.5 Å². The van der Waals surface area contributed by atoms with Crippen molar-refractivity contribution in [2.75, 3.05) is 13.1 Å². The molecule has 1 aliphatic rings. The number of halogens is 1. The van der Waals surface area contributed by atoms with E-state index in [0.717, 1.165) is 5.56 Å². The van der Waals surface area contributed by atoms with Crippen molar-refractivity contribution in [3.05, 3.63) is 42.1 Å². The van der Waals surface area contributed by atoms with Gasteiger partial charge in [0.2, 0.25) is 0 Å². The number of nitrogens with zero attached hydrogens (tertiary/aromatic N) is 1. The Kier molecular flexibility index (Phi) is 5.59. The summed E-state index contributed by atoms with van der Waals surface area (Å²) in [6.07, 6.45) is 1.75. The summed E-state index contributed by atoms with van der Waals surface area (Å²) >= 11 is 0. The minimum atomic E-state index is -0.481. The van der Waals surface area contributed by atoms with Gasteiger partial charge in [-0.1, -0.05) is 24.2 Å². The molecule has 0 bridgehead atoms. The SMILES string of the molecule is CC(C)(C)OC(=O)N1C[CH-][C@H](c2ccc(F)cc2)C1.[Co]. The van der Waals surface area contributed by atoms with Crippen molar-refractivity contribution < 1.29 is 30.7 Å². The van der Waals surface area contributed by atoms with Gasteiger partial charge in [-0.3, -0.25) is 0 Å². The minimum Gasteiger partial charge on any atom is -0.444 e. The Bertz CT molecular complexity index is 456. The van der Waals surface area contributed by atoms with Crippen LogP contribution in [0.2, 0.25) is 0 Å².